The highest BCUT2D eigenvalue weighted by molar-refractivity contribution is 7.14. The third-order valence-electron chi connectivity index (χ3n) is 5.08. The number of amides is 1. The number of carbonyl (C=O) groups excluding carboxylic acids is 1. The van der Waals surface area contributed by atoms with Gasteiger partial charge in [0.2, 0.25) is 0 Å². The maximum absolute atomic E-state index is 12.9. The molecule has 5 heteroatoms. The van der Waals surface area contributed by atoms with Crippen molar-refractivity contribution in [2.24, 2.45) is 11.7 Å². The molecule has 124 valence electrons. The maximum Gasteiger partial charge on any atom is 0.264 e. The van der Waals surface area contributed by atoms with E-state index in [2.05, 4.69) is 13.0 Å². The molecule has 1 aliphatic heterocycles. The van der Waals surface area contributed by atoms with Gasteiger partial charge in [-0.25, -0.2) is 0 Å². The fraction of sp³-hybridized carbons (Fsp3) is 0.706. The van der Waals surface area contributed by atoms with Crippen LogP contribution in [0.15, 0.2) is 6.07 Å². The van der Waals surface area contributed by atoms with Gasteiger partial charge in [-0.2, -0.15) is 0 Å². The zero-order chi connectivity index (χ0) is 14.8. The molecule has 3 nitrogen and oxygen atoms in total. The summed E-state index contributed by atoms with van der Waals surface area (Å²) in [7, 11) is 0. The van der Waals surface area contributed by atoms with Gasteiger partial charge in [0.05, 0.1) is 4.88 Å². The van der Waals surface area contributed by atoms with Crippen LogP contribution in [0.2, 0.25) is 0 Å². The topological polar surface area (TPSA) is 46.3 Å². The van der Waals surface area contributed by atoms with Crippen LogP contribution in [-0.2, 0) is 12.8 Å². The summed E-state index contributed by atoms with van der Waals surface area (Å²) in [6, 6.07) is 2.38. The highest BCUT2D eigenvalue weighted by Gasteiger charge is 2.32. The first-order valence-corrected chi connectivity index (χ1v) is 9.15. The van der Waals surface area contributed by atoms with Gasteiger partial charge in [0.25, 0.3) is 5.91 Å². The molecule has 1 saturated heterocycles. The fourth-order valence-electron chi connectivity index (χ4n) is 3.78. The number of halogens is 1. The van der Waals surface area contributed by atoms with Gasteiger partial charge in [0.1, 0.15) is 0 Å². The van der Waals surface area contributed by atoms with Crippen LogP contribution in [0, 0.1) is 5.92 Å². The summed E-state index contributed by atoms with van der Waals surface area (Å²) >= 11 is 1.73. The Balaban J connectivity index is 0.00000176. The molecule has 2 atom stereocenters. The largest absolute Gasteiger partial charge is 0.333 e. The minimum atomic E-state index is 0. The van der Waals surface area contributed by atoms with Crippen LogP contribution >= 0.6 is 23.7 Å². The summed E-state index contributed by atoms with van der Waals surface area (Å²) in [4.78, 5) is 17.3. The Morgan fingerprint density at radius 1 is 1.32 bits per heavy atom. The molecule has 2 N–H and O–H groups in total. The minimum Gasteiger partial charge on any atom is -0.333 e. The number of hydrogen-bond acceptors (Lipinski definition) is 3. The van der Waals surface area contributed by atoms with E-state index in [9.17, 15) is 4.79 Å². The summed E-state index contributed by atoms with van der Waals surface area (Å²) < 4.78 is 0. The molecule has 1 aromatic heterocycles. The van der Waals surface area contributed by atoms with Crippen molar-refractivity contribution in [2.45, 2.75) is 57.9 Å². The summed E-state index contributed by atoms with van der Waals surface area (Å²) in [5.74, 6) is 0.737. The lowest BCUT2D eigenvalue weighted by Crippen LogP contribution is -2.51. The van der Waals surface area contributed by atoms with Crippen LogP contribution in [0.5, 0.6) is 0 Å². The molecule has 2 aliphatic rings. The van der Waals surface area contributed by atoms with Gasteiger partial charge >= 0.3 is 0 Å². The van der Waals surface area contributed by atoms with Crippen LogP contribution in [0.4, 0.5) is 0 Å². The van der Waals surface area contributed by atoms with Gasteiger partial charge in [-0.3, -0.25) is 4.79 Å². The van der Waals surface area contributed by atoms with Crippen LogP contribution < -0.4 is 5.73 Å². The molecular weight excluding hydrogens is 316 g/mol. The number of hydrogen-bond donors (Lipinski definition) is 1. The predicted octanol–water partition coefficient (Wildman–Crippen LogP) is 3.64. The number of nitrogens with two attached hydrogens (primary N) is 1. The van der Waals surface area contributed by atoms with Crippen molar-refractivity contribution in [3.05, 3.63) is 21.4 Å². The van der Waals surface area contributed by atoms with E-state index in [0.29, 0.717) is 12.5 Å². The van der Waals surface area contributed by atoms with E-state index in [0.717, 1.165) is 30.7 Å². The molecule has 0 aromatic carbocycles. The van der Waals surface area contributed by atoms with Crippen molar-refractivity contribution in [1.29, 1.82) is 0 Å². The number of carbonyl (C=O) groups is 1. The quantitative estimate of drug-likeness (QED) is 0.834. The summed E-state index contributed by atoms with van der Waals surface area (Å²) in [6.07, 6.45) is 8.46. The van der Waals surface area contributed by atoms with Gasteiger partial charge < -0.3 is 10.6 Å². The molecule has 1 aromatic rings. The molecule has 1 amide bonds. The van der Waals surface area contributed by atoms with Crippen molar-refractivity contribution in [2.75, 3.05) is 13.1 Å². The van der Waals surface area contributed by atoms with Gasteiger partial charge in [0, 0.05) is 24.0 Å². The van der Waals surface area contributed by atoms with Crippen molar-refractivity contribution < 1.29 is 4.79 Å². The monoisotopic (exact) mass is 342 g/mol. The van der Waals surface area contributed by atoms with Crippen LogP contribution in [0.3, 0.4) is 0 Å². The summed E-state index contributed by atoms with van der Waals surface area (Å²) in [5.41, 5.74) is 7.35. The number of nitrogens with zero attached hydrogens (tertiary/aromatic N) is 1. The van der Waals surface area contributed by atoms with Crippen molar-refractivity contribution in [1.82, 2.24) is 4.90 Å². The van der Waals surface area contributed by atoms with E-state index >= 15 is 0 Å². The van der Waals surface area contributed by atoms with Crippen molar-refractivity contribution in [3.8, 4) is 0 Å². The van der Waals surface area contributed by atoms with E-state index in [1.54, 1.807) is 11.3 Å². The normalized spacial score (nSPS) is 25.1. The predicted molar refractivity (Wildman–Crippen MR) is 95.1 cm³/mol. The zero-order valence-corrected chi connectivity index (χ0v) is 15.0. The second kappa shape index (κ2) is 7.80. The van der Waals surface area contributed by atoms with Crippen molar-refractivity contribution >= 4 is 29.7 Å². The SMILES string of the molecule is CC1CCCN(C(=O)c2cc3c(s2)CCCCC3)C1CN.Cl. The first-order valence-electron chi connectivity index (χ1n) is 8.33. The number of thiophene rings is 1. The van der Waals surface area contributed by atoms with E-state index in [1.165, 1.54) is 36.1 Å². The molecule has 0 radical (unpaired) electrons. The minimum absolute atomic E-state index is 0. The third-order valence-corrected chi connectivity index (χ3v) is 6.30. The Labute approximate surface area is 143 Å². The number of piperidine rings is 1. The molecule has 1 fully saturated rings. The Morgan fingerprint density at radius 2 is 2.09 bits per heavy atom. The number of aryl methyl sites for hydroxylation is 2. The zero-order valence-electron chi connectivity index (χ0n) is 13.3. The highest BCUT2D eigenvalue weighted by Crippen LogP contribution is 2.31. The molecule has 2 heterocycles. The second-order valence-corrected chi connectivity index (χ2v) is 7.68. The lowest BCUT2D eigenvalue weighted by molar-refractivity contribution is 0.0537. The van der Waals surface area contributed by atoms with Gasteiger partial charge in [-0.05, 0) is 56.1 Å². The fourth-order valence-corrected chi connectivity index (χ4v) is 4.98. The van der Waals surface area contributed by atoms with Gasteiger partial charge in [-0.15, -0.1) is 23.7 Å². The molecule has 22 heavy (non-hydrogen) atoms. The Morgan fingerprint density at radius 3 is 2.86 bits per heavy atom. The van der Waals surface area contributed by atoms with E-state index in [1.807, 2.05) is 4.90 Å². The van der Waals surface area contributed by atoms with Crippen LogP contribution in [-0.4, -0.2) is 29.9 Å². The molecular formula is C17H27ClN2OS. The lowest BCUT2D eigenvalue weighted by Gasteiger charge is -2.39. The lowest BCUT2D eigenvalue weighted by atomic mass is 9.90. The Hall–Kier alpha value is -0.580. The standard InChI is InChI=1S/C17H26N2OS.ClH/c1-12-6-5-9-19(14(12)11-18)17(20)16-10-13-7-3-2-4-8-15(13)21-16;/h10,12,14H,2-9,11,18H2,1H3;1H. The maximum atomic E-state index is 12.9. The smallest absolute Gasteiger partial charge is 0.264 e. The summed E-state index contributed by atoms with van der Waals surface area (Å²) in [6.45, 7) is 3.67. The molecule has 0 saturated carbocycles. The Bertz CT molecular complexity index is 493. The molecule has 2 unspecified atom stereocenters. The summed E-state index contributed by atoms with van der Waals surface area (Å²) in [5, 5.41) is 0. The van der Waals surface area contributed by atoms with Gasteiger partial charge in [0.15, 0.2) is 0 Å². The van der Waals surface area contributed by atoms with Crippen LogP contribution in [0.1, 0.15) is 59.1 Å². The first kappa shape index (κ1) is 17.8. The number of likely N-dealkylation sites (tertiary alicyclic amines) is 1. The molecule has 0 bridgehead atoms. The van der Waals surface area contributed by atoms with Gasteiger partial charge in [-0.1, -0.05) is 13.3 Å². The Kier molecular flexibility index (Phi) is 6.30. The average molecular weight is 343 g/mol. The number of fused-ring (bicyclic) bond motifs is 1. The number of rotatable bonds is 2. The molecule has 0 spiro atoms. The third kappa shape index (κ3) is 3.50. The first-order chi connectivity index (χ1) is 10.2. The molecule has 1 aliphatic carbocycles. The van der Waals surface area contributed by atoms with E-state index in [4.69, 9.17) is 5.73 Å². The molecule has 3 rings (SSSR count). The van der Waals surface area contributed by atoms with Crippen LogP contribution in [0.25, 0.3) is 0 Å². The van der Waals surface area contributed by atoms with E-state index < -0.39 is 0 Å². The van der Waals surface area contributed by atoms with Crippen molar-refractivity contribution in [3.63, 3.8) is 0 Å². The van der Waals surface area contributed by atoms with E-state index in [-0.39, 0.29) is 24.4 Å². The highest BCUT2D eigenvalue weighted by atomic mass is 35.5. The second-order valence-electron chi connectivity index (χ2n) is 6.54. The average Bonchev–Trinajstić information content (AvgIpc) is 2.77.